The van der Waals surface area contributed by atoms with Gasteiger partial charge in [0.1, 0.15) is 6.61 Å². The molecule has 0 fully saturated rings. The van der Waals surface area contributed by atoms with Crippen LogP contribution in [-0.4, -0.2) is 43.8 Å². The first-order valence-corrected chi connectivity index (χ1v) is 9.62. The van der Waals surface area contributed by atoms with Crippen molar-refractivity contribution >= 4 is 13.8 Å². The predicted octanol–water partition coefficient (Wildman–Crippen LogP) is 1.35. The van der Waals surface area contributed by atoms with E-state index in [-0.39, 0.29) is 36.0 Å². The molecule has 0 aliphatic carbocycles. The summed E-state index contributed by atoms with van der Waals surface area (Å²) < 4.78 is 27.4. The van der Waals surface area contributed by atoms with Gasteiger partial charge < -0.3 is 29.5 Å². The average molecular weight is 401 g/mol. The SMILES string of the molecule is C=C(C)C(=O)OCC12C=CCC(O1)c1c2c(O)n(CCOP(=O)(O)O)c1O. The molecule has 11 heteroatoms. The molecule has 0 saturated heterocycles. The molecule has 3 rings (SSSR count). The van der Waals surface area contributed by atoms with Crippen LogP contribution in [0.4, 0.5) is 0 Å². The van der Waals surface area contributed by atoms with E-state index >= 15 is 0 Å². The highest BCUT2D eigenvalue weighted by molar-refractivity contribution is 7.46. The molecular formula is C16H20NO9P. The Labute approximate surface area is 154 Å². The number of ether oxygens (including phenoxy) is 2. The summed E-state index contributed by atoms with van der Waals surface area (Å²) in [6.07, 6.45) is 3.35. The number of fused-ring (bicyclic) bond motifs is 5. The molecule has 2 aliphatic rings. The largest absolute Gasteiger partial charge is 0.494 e. The number of hydrogen-bond donors (Lipinski definition) is 4. The van der Waals surface area contributed by atoms with E-state index in [1.807, 2.05) is 6.08 Å². The van der Waals surface area contributed by atoms with Gasteiger partial charge in [-0.1, -0.05) is 12.7 Å². The zero-order valence-corrected chi connectivity index (χ0v) is 15.4. The van der Waals surface area contributed by atoms with Crippen molar-refractivity contribution in [1.82, 2.24) is 4.57 Å². The average Bonchev–Trinajstić information content (AvgIpc) is 2.96. The number of phosphoric acid groups is 1. The van der Waals surface area contributed by atoms with Gasteiger partial charge in [-0.3, -0.25) is 9.09 Å². The number of hydrogen-bond acceptors (Lipinski definition) is 7. The van der Waals surface area contributed by atoms with Crippen molar-refractivity contribution in [2.45, 2.75) is 31.6 Å². The second kappa shape index (κ2) is 6.81. The van der Waals surface area contributed by atoms with Crippen LogP contribution in [0.5, 0.6) is 11.8 Å². The number of carbonyl (C=O) groups is 1. The Bertz CT molecular complexity index is 868. The van der Waals surface area contributed by atoms with Gasteiger partial charge >= 0.3 is 13.8 Å². The molecule has 148 valence electrons. The van der Waals surface area contributed by atoms with E-state index in [1.165, 1.54) is 6.92 Å². The Hall–Kier alpha value is -2.10. The Morgan fingerprint density at radius 3 is 2.78 bits per heavy atom. The van der Waals surface area contributed by atoms with Crippen molar-refractivity contribution in [2.24, 2.45) is 0 Å². The quantitative estimate of drug-likeness (QED) is 0.230. The van der Waals surface area contributed by atoms with Gasteiger partial charge in [0.15, 0.2) is 11.5 Å². The summed E-state index contributed by atoms with van der Waals surface area (Å²) in [7, 11) is -4.67. The normalized spacial score (nSPS) is 23.3. The minimum Gasteiger partial charge on any atom is -0.494 e. The lowest BCUT2D eigenvalue weighted by molar-refractivity contribution is -0.151. The first kappa shape index (κ1) is 19.7. The second-order valence-corrected chi connectivity index (χ2v) is 7.64. The van der Waals surface area contributed by atoms with Crippen molar-refractivity contribution in [3.63, 3.8) is 0 Å². The molecule has 4 N–H and O–H groups in total. The molecule has 2 atom stereocenters. The topological polar surface area (TPSA) is 148 Å². The van der Waals surface area contributed by atoms with Gasteiger partial charge in [0.25, 0.3) is 0 Å². The zero-order valence-electron chi connectivity index (χ0n) is 14.5. The molecule has 0 amide bonds. The van der Waals surface area contributed by atoms with Crippen molar-refractivity contribution in [3.8, 4) is 11.8 Å². The van der Waals surface area contributed by atoms with Gasteiger partial charge in [0.05, 0.1) is 30.4 Å². The zero-order chi connectivity index (χ0) is 20.0. The smallest absolute Gasteiger partial charge is 0.469 e. The molecule has 0 spiro atoms. The molecule has 0 radical (unpaired) electrons. The van der Waals surface area contributed by atoms with E-state index in [0.717, 1.165) is 4.57 Å². The summed E-state index contributed by atoms with van der Waals surface area (Å²) in [4.78, 5) is 29.3. The summed E-state index contributed by atoms with van der Waals surface area (Å²) >= 11 is 0. The first-order chi connectivity index (χ1) is 12.6. The summed E-state index contributed by atoms with van der Waals surface area (Å²) in [5.74, 6) is -1.26. The van der Waals surface area contributed by atoms with E-state index < -0.39 is 32.1 Å². The highest BCUT2D eigenvalue weighted by Crippen LogP contribution is 2.57. The summed E-state index contributed by atoms with van der Waals surface area (Å²) in [5, 5.41) is 21.1. The number of rotatable bonds is 7. The maximum atomic E-state index is 11.8. The minimum absolute atomic E-state index is 0.201. The van der Waals surface area contributed by atoms with E-state index in [9.17, 15) is 19.6 Å². The molecule has 10 nitrogen and oxygen atoms in total. The van der Waals surface area contributed by atoms with Gasteiger partial charge in [0, 0.05) is 5.57 Å². The van der Waals surface area contributed by atoms with E-state index in [1.54, 1.807) is 6.08 Å². The standard InChI is InChI=1S/C16H20NO9P/c1-9(2)15(20)24-8-16-5-3-4-10(26-16)11-12(16)14(19)17(13(11)18)6-7-25-27(21,22)23/h3,5,10,18-19H,1,4,6-8H2,2H3,(H2,21,22,23). The lowest BCUT2D eigenvalue weighted by Crippen LogP contribution is -2.32. The molecule has 3 heterocycles. The molecule has 2 unspecified atom stereocenters. The van der Waals surface area contributed by atoms with Gasteiger partial charge in [-0.25, -0.2) is 9.36 Å². The van der Waals surface area contributed by atoms with Crippen LogP contribution in [0.25, 0.3) is 0 Å². The lowest BCUT2D eigenvalue weighted by Gasteiger charge is -2.30. The third kappa shape index (κ3) is 3.54. The minimum atomic E-state index is -4.67. The second-order valence-electron chi connectivity index (χ2n) is 6.40. The van der Waals surface area contributed by atoms with Gasteiger partial charge in [0.2, 0.25) is 5.88 Å². The molecule has 2 aliphatic heterocycles. The Morgan fingerprint density at radius 1 is 1.44 bits per heavy atom. The van der Waals surface area contributed by atoms with Crippen LogP contribution in [0.1, 0.15) is 30.6 Å². The van der Waals surface area contributed by atoms with Crippen molar-refractivity contribution in [3.05, 3.63) is 35.4 Å². The highest BCUT2D eigenvalue weighted by Gasteiger charge is 2.52. The molecule has 0 aromatic carbocycles. The maximum Gasteiger partial charge on any atom is 0.469 e. The number of esters is 1. The van der Waals surface area contributed by atoms with Crippen molar-refractivity contribution < 1.29 is 43.4 Å². The third-order valence-corrected chi connectivity index (χ3v) is 4.94. The van der Waals surface area contributed by atoms with Crippen LogP contribution in [0.3, 0.4) is 0 Å². The van der Waals surface area contributed by atoms with Crippen LogP contribution in [0.15, 0.2) is 24.3 Å². The van der Waals surface area contributed by atoms with Crippen LogP contribution >= 0.6 is 7.82 Å². The van der Waals surface area contributed by atoms with Gasteiger partial charge in [-0.2, -0.15) is 0 Å². The molecule has 0 saturated carbocycles. The van der Waals surface area contributed by atoms with Gasteiger partial charge in [-0.15, -0.1) is 0 Å². The molecule has 1 aromatic rings. The van der Waals surface area contributed by atoms with Crippen LogP contribution in [0, 0.1) is 0 Å². The van der Waals surface area contributed by atoms with Gasteiger partial charge in [-0.05, 0) is 19.4 Å². The summed E-state index contributed by atoms with van der Waals surface area (Å²) in [5.41, 5.74) is -0.454. The first-order valence-electron chi connectivity index (χ1n) is 8.09. The molecular weight excluding hydrogens is 381 g/mol. The summed E-state index contributed by atoms with van der Waals surface area (Å²) in [6.45, 7) is 4.15. The fraction of sp³-hybridized carbons (Fsp3) is 0.438. The summed E-state index contributed by atoms with van der Waals surface area (Å²) in [6, 6.07) is 0. The van der Waals surface area contributed by atoms with Crippen LogP contribution in [0.2, 0.25) is 0 Å². The van der Waals surface area contributed by atoms with Crippen LogP contribution in [-0.2, 0) is 35.5 Å². The third-order valence-electron chi connectivity index (χ3n) is 4.42. The Morgan fingerprint density at radius 2 is 2.15 bits per heavy atom. The Kier molecular flexibility index (Phi) is 4.96. The number of aromatic hydroxyl groups is 2. The highest BCUT2D eigenvalue weighted by atomic mass is 31.2. The molecule has 2 bridgehead atoms. The number of phosphoric ester groups is 1. The lowest BCUT2D eigenvalue weighted by atomic mass is 9.96. The number of nitrogens with zero attached hydrogens (tertiary/aromatic N) is 1. The fourth-order valence-corrected chi connectivity index (χ4v) is 3.61. The van der Waals surface area contributed by atoms with Crippen LogP contribution < -0.4 is 0 Å². The molecule has 1 aromatic heterocycles. The molecule has 27 heavy (non-hydrogen) atoms. The number of carbonyl (C=O) groups excluding carboxylic acids is 1. The number of aromatic nitrogens is 1. The maximum absolute atomic E-state index is 11.8. The van der Waals surface area contributed by atoms with Crippen molar-refractivity contribution in [1.29, 1.82) is 0 Å². The Balaban J connectivity index is 1.91. The van der Waals surface area contributed by atoms with E-state index in [2.05, 4.69) is 11.1 Å². The monoisotopic (exact) mass is 401 g/mol. The van der Waals surface area contributed by atoms with Crippen molar-refractivity contribution in [2.75, 3.05) is 13.2 Å². The van der Waals surface area contributed by atoms with E-state index in [0.29, 0.717) is 12.0 Å². The fourth-order valence-electron chi connectivity index (χ4n) is 3.29. The predicted molar refractivity (Wildman–Crippen MR) is 90.8 cm³/mol. The van der Waals surface area contributed by atoms with E-state index in [4.69, 9.17) is 19.3 Å².